The summed E-state index contributed by atoms with van der Waals surface area (Å²) in [5, 5.41) is 15.5. The molecule has 5 nitrogen and oxygen atoms in total. The van der Waals surface area contributed by atoms with Crippen LogP contribution in [-0.2, 0) is 0 Å². The zero-order valence-electron chi connectivity index (χ0n) is 15.6. The van der Waals surface area contributed by atoms with E-state index in [1.165, 1.54) is 11.4 Å². The van der Waals surface area contributed by atoms with Gasteiger partial charge in [0, 0.05) is 29.9 Å². The first-order valence-electron chi connectivity index (χ1n) is 9.72. The molecule has 3 aromatic rings. The van der Waals surface area contributed by atoms with Crippen LogP contribution in [0.5, 0.6) is 5.75 Å². The Kier molecular flexibility index (Phi) is 4.19. The van der Waals surface area contributed by atoms with Crippen LogP contribution in [0.2, 0.25) is 0 Å². The van der Waals surface area contributed by atoms with Crippen molar-refractivity contribution in [1.82, 2.24) is 5.32 Å². The number of benzene rings is 3. The van der Waals surface area contributed by atoms with Gasteiger partial charge in [-0.1, -0.05) is 36.4 Å². The van der Waals surface area contributed by atoms with E-state index in [2.05, 4.69) is 58.7 Å². The van der Waals surface area contributed by atoms with E-state index < -0.39 is 0 Å². The number of piperidine rings is 1. The van der Waals surface area contributed by atoms with Gasteiger partial charge in [-0.2, -0.15) is 0 Å². The lowest BCUT2D eigenvalue weighted by Gasteiger charge is -2.42. The van der Waals surface area contributed by atoms with Crippen molar-refractivity contribution >= 4 is 17.1 Å². The van der Waals surface area contributed by atoms with Gasteiger partial charge in [0.1, 0.15) is 11.9 Å². The molecule has 142 valence electrons. The van der Waals surface area contributed by atoms with Crippen LogP contribution in [0, 0.1) is 0 Å². The molecule has 3 aromatic carbocycles. The van der Waals surface area contributed by atoms with Crippen LogP contribution in [0.4, 0.5) is 17.1 Å². The monoisotopic (exact) mass is 372 g/mol. The van der Waals surface area contributed by atoms with Crippen molar-refractivity contribution in [1.29, 1.82) is 0 Å². The van der Waals surface area contributed by atoms with Crippen molar-refractivity contribution in [2.24, 2.45) is 5.84 Å². The highest BCUT2D eigenvalue weighted by atomic mass is 16.3. The number of phenols is 1. The van der Waals surface area contributed by atoms with Crippen molar-refractivity contribution in [3.05, 3.63) is 84.4 Å². The SMILES string of the molecule is NN1c2ccc(O)cc2C2CC(N(c3ccccc3)c3ccccc3)CNC21. The Labute approximate surface area is 165 Å². The summed E-state index contributed by atoms with van der Waals surface area (Å²) < 4.78 is 0. The lowest BCUT2D eigenvalue weighted by molar-refractivity contribution is 0.327. The average molecular weight is 372 g/mol. The van der Waals surface area contributed by atoms with Crippen molar-refractivity contribution in [3.8, 4) is 5.75 Å². The molecule has 0 aromatic heterocycles. The van der Waals surface area contributed by atoms with Crippen molar-refractivity contribution in [2.75, 3.05) is 16.5 Å². The lowest BCUT2D eigenvalue weighted by atomic mass is 9.87. The summed E-state index contributed by atoms with van der Waals surface area (Å²) >= 11 is 0. The van der Waals surface area contributed by atoms with Crippen LogP contribution in [0.3, 0.4) is 0 Å². The predicted molar refractivity (Wildman–Crippen MR) is 113 cm³/mol. The van der Waals surface area contributed by atoms with E-state index in [1.807, 2.05) is 29.3 Å². The van der Waals surface area contributed by atoms with Gasteiger partial charge in [-0.3, -0.25) is 10.3 Å². The number of nitrogens with one attached hydrogen (secondary N) is 1. The number of hydrogen-bond donors (Lipinski definition) is 3. The van der Waals surface area contributed by atoms with Gasteiger partial charge in [0.05, 0.1) is 5.69 Å². The molecule has 0 spiro atoms. The van der Waals surface area contributed by atoms with Crippen molar-refractivity contribution in [3.63, 3.8) is 0 Å². The Hall–Kier alpha value is -3.02. The minimum atomic E-state index is 0.0569. The maximum absolute atomic E-state index is 10.0. The molecule has 0 saturated carbocycles. The number of nitrogens with zero attached hydrogens (tertiary/aromatic N) is 2. The fourth-order valence-electron chi connectivity index (χ4n) is 4.66. The van der Waals surface area contributed by atoms with Crippen LogP contribution < -0.4 is 21.1 Å². The molecule has 4 N–H and O–H groups in total. The highest BCUT2D eigenvalue weighted by Gasteiger charge is 2.43. The number of aromatic hydroxyl groups is 1. The summed E-state index contributed by atoms with van der Waals surface area (Å²) in [5.74, 6) is 6.88. The van der Waals surface area contributed by atoms with E-state index in [9.17, 15) is 5.11 Å². The average Bonchev–Trinajstić information content (AvgIpc) is 3.01. The molecule has 0 radical (unpaired) electrons. The van der Waals surface area contributed by atoms with Gasteiger partial charge in [-0.25, -0.2) is 5.84 Å². The molecule has 1 saturated heterocycles. The second-order valence-corrected chi connectivity index (χ2v) is 7.54. The molecule has 5 rings (SSSR count). The molecule has 28 heavy (non-hydrogen) atoms. The van der Waals surface area contributed by atoms with Crippen LogP contribution in [0.15, 0.2) is 78.9 Å². The third kappa shape index (κ3) is 2.80. The summed E-state index contributed by atoms with van der Waals surface area (Å²) in [5.41, 5.74) is 4.47. The standard InChI is InChI=1S/C23H24N4O/c24-27-22-12-11-19(28)14-20(22)21-13-18(15-25-23(21)27)26(16-7-3-1-4-8-16)17-9-5-2-6-10-17/h1-12,14,18,21,23,25,28H,13,15,24H2. The third-order valence-electron chi connectivity index (χ3n) is 5.89. The zero-order valence-corrected chi connectivity index (χ0v) is 15.6. The molecule has 3 unspecified atom stereocenters. The second kappa shape index (κ2) is 6.86. The topological polar surface area (TPSA) is 64.8 Å². The van der Waals surface area contributed by atoms with Gasteiger partial charge in [0.25, 0.3) is 0 Å². The molecule has 5 heteroatoms. The minimum Gasteiger partial charge on any atom is -0.508 e. The number of hydrogen-bond acceptors (Lipinski definition) is 5. The minimum absolute atomic E-state index is 0.0569. The van der Waals surface area contributed by atoms with E-state index in [0.717, 1.165) is 24.2 Å². The Balaban J connectivity index is 1.52. The van der Waals surface area contributed by atoms with E-state index in [0.29, 0.717) is 0 Å². The first-order chi connectivity index (χ1) is 13.7. The van der Waals surface area contributed by atoms with Gasteiger partial charge in [-0.05, 0) is 54.4 Å². The lowest BCUT2D eigenvalue weighted by Crippen LogP contribution is -2.57. The van der Waals surface area contributed by atoms with Crippen molar-refractivity contribution in [2.45, 2.75) is 24.5 Å². The number of hydrazine groups is 1. The van der Waals surface area contributed by atoms with Gasteiger partial charge < -0.3 is 10.0 Å². The molecular formula is C23H24N4O. The van der Waals surface area contributed by atoms with E-state index in [1.54, 1.807) is 6.07 Å². The normalized spacial score (nSPS) is 23.2. The van der Waals surface area contributed by atoms with Gasteiger partial charge >= 0.3 is 0 Å². The van der Waals surface area contributed by atoms with Crippen LogP contribution in [0.25, 0.3) is 0 Å². The van der Waals surface area contributed by atoms with Crippen molar-refractivity contribution < 1.29 is 5.11 Å². The molecule has 2 heterocycles. The predicted octanol–water partition coefficient (Wildman–Crippen LogP) is 3.70. The number of fused-ring (bicyclic) bond motifs is 3. The Morgan fingerprint density at radius 3 is 2.21 bits per heavy atom. The molecular weight excluding hydrogens is 348 g/mol. The molecule has 2 aliphatic rings. The maximum Gasteiger partial charge on any atom is 0.116 e. The highest BCUT2D eigenvalue weighted by Crippen LogP contribution is 2.45. The van der Waals surface area contributed by atoms with E-state index >= 15 is 0 Å². The van der Waals surface area contributed by atoms with E-state index in [-0.39, 0.29) is 23.9 Å². The summed E-state index contributed by atoms with van der Waals surface area (Å²) in [6.07, 6.45) is 1.01. The summed E-state index contributed by atoms with van der Waals surface area (Å²) in [7, 11) is 0. The molecule has 2 aliphatic heterocycles. The first-order valence-corrected chi connectivity index (χ1v) is 9.72. The molecule has 3 atom stereocenters. The van der Waals surface area contributed by atoms with Gasteiger partial charge in [0.15, 0.2) is 0 Å². The highest BCUT2D eigenvalue weighted by molar-refractivity contribution is 5.66. The second-order valence-electron chi connectivity index (χ2n) is 7.54. The smallest absolute Gasteiger partial charge is 0.116 e. The first kappa shape index (κ1) is 17.1. The number of para-hydroxylation sites is 2. The number of nitrogens with two attached hydrogens (primary N) is 1. The fraction of sp³-hybridized carbons (Fsp3) is 0.217. The number of rotatable bonds is 3. The number of anilines is 3. The van der Waals surface area contributed by atoms with Crippen LogP contribution in [-0.4, -0.2) is 23.9 Å². The van der Waals surface area contributed by atoms with Crippen LogP contribution in [0.1, 0.15) is 17.9 Å². The maximum atomic E-state index is 10.0. The molecule has 0 amide bonds. The fourth-order valence-corrected chi connectivity index (χ4v) is 4.66. The molecule has 0 aliphatic carbocycles. The van der Waals surface area contributed by atoms with Crippen LogP contribution >= 0.6 is 0 Å². The Morgan fingerprint density at radius 2 is 1.57 bits per heavy atom. The van der Waals surface area contributed by atoms with Gasteiger partial charge in [0.2, 0.25) is 0 Å². The zero-order chi connectivity index (χ0) is 19.1. The Morgan fingerprint density at radius 1 is 0.929 bits per heavy atom. The quantitative estimate of drug-likeness (QED) is 0.612. The summed E-state index contributed by atoms with van der Waals surface area (Å²) in [6, 6.07) is 26.8. The summed E-state index contributed by atoms with van der Waals surface area (Å²) in [6.45, 7) is 0.832. The molecule has 1 fully saturated rings. The van der Waals surface area contributed by atoms with E-state index in [4.69, 9.17) is 5.84 Å². The summed E-state index contributed by atoms with van der Waals surface area (Å²) in [4.78, 5) is 2.41. The third-order valence-corrected chi connectivity index (χ3v) is 5.89. The molecule has 0 bridgehead atoms. The van der Waals surface area contributed by atoms with Gasteiger partial charge in [-0.15, -0.1) is 0 Å². The largest absolute Gasteiger partial charge is 0.508 e. The number of phenolic OH excluding ortho intramolecular Hbond substituents is 1. The Bertz CT molecular complexity index is 923.